The number of hydrogen-bond donors (Lipinski definition) is 0. The Bertz CT molecular complexity index is 1070. The Hall–Kier alpha value is -2.74. The Labute approximate surface area is 214 Å². The first kappa shape index (κ1) is 25.4. The number of para-hydroxylation sites is 2. The quantitative estimate of drug-likeness (QED) is 0.355. The molecular weight excluding hydrogens is 424 g/mol. The fourth-order valence-electron chi connectivity index (χ4n) is 5.54. The standard InChI is InChI=1S/C33H44N2/c1-20(2)26-13-11-14-27(21(3)4)32(26)34-19-35(31-18-25(10)24(9)17-30(31)34)33-28(22(5)6)15-12-16-29(33)23(7)8/h11-18,20-23H,19H2,1-10H3. The monoisotopic (exact) mass is 468 g/mol. The van der Waals surface area contributed by atoms with Crippen LogP contribution in [0.4, 0.5) is 22.7 Å². The zero-order valence-electron chi connectivity index (χ0n) is 23.5. The number of rotatable bonds is 6. The van der Waals surface area contributed by atoms with Crippen LogP contribution in [0.25, 0.3) is 0 Å². The van der Waals surface area contributed by atoms with Crippen LogP contribution in [0.5, 0.6) is 0 Å². The molecule has 0 atom stereocenters. The second-order valence-corrected chi connectivity index (χ2v) is 11.6. The lowest BCUT2D eigenvalue weighted by molar-refractivity contribution is 0.806. The molecule has 0 unspecified atom stereocenters. The second kappa shape index (κ2) is 9.72. The SMILES string of the molecule is Cc1cc2c(cc1C)N(c1c(C(C)C)cccc1C(C)C)CN2c1c(C(C)C)cccc1C(C)C. The summed E-state index contributed by atoms with van der Waals surface area (Å²) in [6, 6.07) is 18.6. The van der Waals surface area contributed by atoms with Gasteiger partial charge < -0.3 is 9.80 Å². The van der Waals surface area contributed by atoms with Crippen LogP contribution in [0.15, 0.2) is 48.5 Å². The predicted octanol–water partition coefficient (Wildman–Crippen LogP) is 10.0. The Morgan fingerprint density at radius 1 is 0.514 bits per heavy atom. The number of nitrogens with zero attached hydrogens (tertiary/aromatic N) is 2. The topological polar surface area (TPSA) is 6.48 Å². The van der Waals surface area contributed by atoms with Crippen molar-refractivity contribution in [2.45, 2.75) is 92.9 Å². The maximum atomic E-state index is 2.60. The van der Waals surface area contributed by atoms with E-state index < -0.39 is 0 Å². The first-order valence-electron chi connectivity index (χ1n) is 13.4. The van der Waals surface area contributed by atoms with Gasteiger partial charge in [-0.1, -0.05) is 91.8 Å². The molecule has 0 radical (unpaired) electrons. The highest BCUT2D eigenvalue weighted by Gasteiger charge is 2.34. The Kier molecular flexibility index (Phi) is 7.04. The summed E-state index contributed by atoms with van der Waals surface area (Å²) >= 11 is 0. The molecule has 0 amide bonds. The van der Waals surface area contributed by atoms with Gasteiger partial charge in [0.05, 0.1) is 11.4 Å². The van der Waals surface area contributed by atoms with Gasteiger partial charge in [0.15, 0.2) is 0 Å². The number of hydrogen-bond acceptors (Lipinski definition) is 2. The Morgan fingerprint density at radius 3 is 1.06 bits per heavy atom. The molecule has 0 fully saturated rings. The summed E-state index contributed by atoms with van der Waals surface area (Å²) in [5, 5.41) is 0. The predicted molar refractivity (Wildman–Crippen MR) is 154 cm³/mol. The van der Waals surface area contributed by atoms with E-state index >= 15 is 0 Å². The average molecular weight is 469 g/mol. The minimum Gasteiger partial charge on any atom is -0.320 e. The van der Waals surface area contributed by atoms with Gasteiger partial charge in [0.25, 0.3) is 0 Å². The largest absolute Gasteiger partial charge is 0.320 e. The minimum absolute atomic E-state index is 0.460. The second-order valence-electron chi connectivity index (χ2n) is 11.6. The van der Waals surface area contributed by atoms with Crippen molar-refractivity contribution in [3.63, 3.8) is 0 Å². The summed E-state index contributed by atoms with van der Waals surface area (Å²) in [5.41, 5.74) is 13.9. The van der Waals surface area contributed by atoms with Crippen molar-refractivity contribution in [1.29, 1.82) is 0 Å². The smallest absolute Gasteiger partial charge is 0.100 e. The highest BCUT2D eigenvalue weighted by atomic mass is 15.4. The first-order chi connectivity index (χ1) is 16.5. The molecule has 1 heterocycles. The molecule has 0 N–H and O–H groups in total. The molecule has 2 heteroatoms. The zero-order chi connectivity index (χ0) is 25.6. The summed E-state index contributed by atoms with van der Waals surface area (Å²) in [4.78, 5) is 5.21. The zero-order valence-corrected chi connectivity index (χ0v) is 23.5. The summed E-state index contributed by atoms with van der Waals surface area (Å²) in [6.45, 7) is 23.9. The molecule has 1 aliphatic rings. The Morgan fingerprint density at radius 2 is 0.800 bits per heavy atom. The van der Waals surface area contributed by atoms with E-state index in [0.717, 1.165) is 6.67 Å². The van der Waals surface area contributed by atoms with E-state index in [9.17, 15) is 0 Å². The van der Waals surface area contributed by atoms with E-state index in [1.165, 1.54) is 56.1 Å². The summed E-state index contributed by atoms with van der Waals surface area (Å²) < 4.78 is 0. The van der Waals surface area contributed by atoms with Crippen LogP contribution in [0.2, 0.25) is 0 Å². The molecule has 35 heavy (non-hydrogen) atoms. The third-order valence-electron chi connectivity index (χ3n) is 7.68. The van der Waals surface area contributed by atoms with Crippen molar-refractivity contribution in [3.8, 4) is 0 Å². The molecule has 3 aromatic carbocycles. The van der Waals surface area contributed by atoms with Gasteiger partial charge in [-0.25, -0.2) is 0 Å². The molecule has 0 saturated heterocycles. The lowest BCUT2D eigenvalue weighted by Gasteiger charge is -2.31. The normalized spacial score (nSPS) is 13.7. The van der Waals surface area contributed by atoms with Gasteiger partial charge in [-0.05, 0) is 83.0 Å². The third kappa shape index (κ3) is 4.48. The van der Waals surface area contributed by atoms with Gasteiger partial charge in [-0.3, -0.25) is 0 Å². The van der Waals surface area contributed by atoms with Crippen LogP contribution >= 0.6 is 0 Å². The molecule has 1 aliphatic heterocycles. The van der Waals surface area contributed by atoms with Crippen molar-refractivity contribution >= 4 is 22.7 Å². The van der Waals surface area contributed by atoms with Gasteiger partial charge in [0, 0.05) is 11.4 Å². The summed E-state index contributed by atoms with van der Waals surface area (Å²) in [7, 11) is 0. The van der Waals surface area contributed by atoms with Crippen molar-refractivity contribution in [3.05, 3.63) is 81.9 Å². The van der Waals surface area contributed by atoms with Crippen LogP contribution in [0.1, 0.15) is 112 Å². The van der Waals surface area contributed by atoms with Crippen LogP contribution in [-0.4, -0.2) is 6.67 Å². The van der Waals surface area contributed by atoms with E-state index in [0.29, 0.717) is 23.7 Å². The molecule has 0 aliphatic carbocycles. The number of aryl methyl sites for hydroxylation is 2. The van der Waals surface area contributed by atoms with E-state index in [1.54, 1.807) is 0 Å². The van der Waals surface area contributed by atoms with Crippen LogP contribution in [0, 0.1) is 13.8 Å². The van der Waals surface area contributed by atoms with E-state index in [2.05, 4.69) is 128 Å². The van der Waals surface area contributed by atoms with E-state index in [-0.39, 0.29) is 0 Å². The van der Waals surface area contributed by atoms with Crippen molar-refractivity contribution in [1.82, 2.24) is 0 Å². The third-order valence-corrected chi connectivity index (χ3v) is 7.68. The van der Waals surface area contributed by atoms with Gasteiger partial charge >= 0.3 is 0 Å². The van der Waals surface area contributed by atoms with Gasteiger partial charge in [0.1, 0.15) is 6.67 Å². The minimum atomic E-state index is 0.460. The van der Waals surface area contributed by atoms with E-state index in [1.807, 2.05) is 0 Å². The van der Waals surface area contributed by atoms with Crippen molar-refractivity contribution < 1.29 is 0 Å². The highest BCUT2D eigenvalue weighted by Crippen LogP contribution is 2.51. The number of benzene rings is 3. The molecule has 4 rings (SSSR count). The number of fused-ring (bicyclic) bond motifs is 1. The van der Waals surface area contributed by atoms with Crippen LogP contribution in [0.3, 0.4) is 0 Å². The first-order valence-corrected chi connectivity index (χ1v) is 13.4. The number of anilines is 4. The summed E-state index contributed by atoms with van der Waals surface area (Å²) in [6.07, 6.45) is 0. The average Bonchev–Trinajstić information content (AvgIpc) is 3.15. The van der Waals surface area contributed by atoms with Crippen LogP contribution < -0.4 is 9.80 Å². The molecule has 2 nitrogen and oxygen atoms in total. The lowest BCUT2D eigenvalue weighted by atomic mass is 9.91. The van der Waals surface area contributed by atoms with Gasteiger partial charge in [-0.15, -0.1) is 0 Å². The fourth-order valence-corrected chi connectivity index (χ4v) is 5.54. The summed E-state index contributed by atoms with van der Waals surface area (Å²) in [5.74, 6) is 1.84. The molecular formula is C33H44N2. The van der Waals surface area contributed by atoms with Crippen molar-refractivity contribution in [2.75, 3.05) is 16.5 Å². The fraction of sp³-hybridized carbons (Fsp3) is 0.455. The molecule has 186 valence electrons. The maximum absolute atomic E-state index is 2.60. The van der Waals surface area contributed by atoms with Gasteiger partial charge in [0.2, 0.25) is 0 Å². The van der Waals surface area contributed by atoms with E-state index in [4.69, 9.17) is 0 Å². The maximum Gasteiger partial charge on any atom is 0.100 e. The van der Waals surface area contributed by atoms with Crippen molar-refractivity contribution in [2.24, 2.45) is 0 Å². The lowest BCUT2D eigenvalue weighted by Crippen LogP contribution is -2.27. The van der Waals surface area contributed by atoms with Gasteiger partial charge in [-0.2, -0.15) is 0 Å². The molecule has 3 aromatic rings. The molecule has 0 aromatic heterocycles. The molecule has 0 spiro atoms. The highest BCUT2D eigenvalue weighted by molar-refractivity contribution is 5.91. The van der Waals surface area contributed by atoms with Crippen LogP contribution in [-0.2, 0) is 0 Å². The molecule has 0 bridgehead atoms. The Balaban J connectivity index is 2.02. The molecule has 0 saturated carbocycles.